The summed E-state index contributed by atoms with van der Waals surface area (Å²) in [5.41, 5.74) is 22.5. The minimum absolute atomic E-state index is 0. The van der Waals surface area contributed by atoms with Crippen molar-refractivity contribution in [1.29, 1.82) is 0 Å². The Morgan fingerprint density at radius 2 is 0.613 bits per heavy atom. The Bertz CT molecular complexity index is 3480. The molecule has 0 aliphatic heterocycles. The third kappa shape index (κ3) is 18.5. The van der Waals surface area contributed by atoms with Gasteiger partial charge in [-0.05, 0) is 96.5 Å². The van der Waals surface area contributed by atoms with Crippen LogP contribution in [0.2, 0.25) is 0 Å². The van der Waals surface area contributed by atoms with Gasteiger partial charge in [-0.25, -0.2) is 0 Å². The standard InChI is InChI=1S/4C18H14N.4Ir/c1-14-6-4-7-15(12-14)16-8-5-9-17(13-16)18-10-2-3-11-19-18;1-14-8-10-15(11-9-14)16-5-4-6-17(13-16)18-7-2-3-12-19-18;1-14-10-11-18(19-13-14)17-9-5-8-16(12-17)15-6-3-2-4-7-15;1-14-10-11-19-18(12-14)17-9-5-8-16(13-17)15-6-3-2-4-7-15;;;;/h2-8,10-13H,1H3;2-5,7-13H,1H3;2*2-8,10-13H,1H3;;;;/q4*-1;;;;. The van der Waals surface area contributed by atoms with E-state index in [1.54, 1.807) is 0 Å². The van der Waals surface area contributed by atoms with Crippen molar-refractivity contribution in [3.8, 4) is 89.5 Å². The molecule has 0 spiro atoms. The topological polar surface area (TPSA) is 51.6 Å². The van der Waals surface area contributed by atoms with Crippen LogP contribution in [0, 0.1) is 52.0 Å². The summed E-state index contributed by atoms with van der Waals surface area (Å²) in [5.74, 6) is 0. The van der Waals surface area contributed by atoms with Crippen LogP contribution < -0.4 is 0 Å². The number of aryl methyl sites for hydroxylation is 4. The number of rotatable bonds is 8. The van der Waals surface area contributed by atoms with Crippen molar-refractivity contribution in [2.24, 2.45) is 0 Å². The van der Waals surface area contributed by atoms with Gasteiger partial charge in [0.25, 0.3) is 0 Å². The molecule has 0 unspecified atom stereocenters. The molecule has 8 aromatic carbocycles. The van der Waals surface area contributed by atoms with Crippen LogP contribution in [0.3, 0.4) is 0 Å². The average Bonchev–Trinajstić information content (AvgIpc) is 3.49. The first-order valence-electron chi connectivity index (χ1n) is 25.3. The maximum absolute atomic E-state index is 4.45. The van der Waals surface area contributed by atoms with E-state index in [4.69, 9.17) is 0 Å². The van der Waals surface area contributed by atoms with E-state index in [0.29, 0.717) is 0 Å². The SMILES string of the molecule is Cc1ccc(-c2[c-]ccc(-c3ccccc3)c2)nc1.Cc1ccc(-c2cc[c-]c(-c3ccccn3)c2)cc1.Cc1cccc(-c2cc[c-]c(-c3ccccn3)c2)c1.Cc1ccnc(-c2[c-]ccc(-c3ccccc3)c2)c1.[Ir].[Ir].[Ir].[Ir]. The van der Waals surface area contributed by atoms with E-state index in [0.717, 1.165) is 45.0 Å². The molecule has 8 heteroatoms. The molecule has 0 atom stereocenters. The molecule has 0 saturated carbocycles. The Labute approximate surface area is 526 Å². The van der Waals surface area contributed by atoms with E-state index in [2.05, 4.69) is 223 Å². The quantitative estimate of drug-likeness (QED) is 0.142. The smallest absolute Gasteiger partial charge is 0.0190 e. The molecule has 0 bridgehead atoms. The first kappa shape index (κ1) is 63.8. The molecular weight excluding hydrogens is 1690 g/mol. The molecule has 0 amide bonds. The summed E-state index contributed by atoms with van der Waals surface area (Å²) in [7, 11) is 0. The molecule has 404 valence electrons. The second-order valence-electron chi connectivity index (χ2n) is 18.3. The number of benzene rings is 8. The van der Waals surface area contributed by atoms with Crippen LogP contribution in [0.5, 0.6) is 0 Å². The molecule has 0 aliphatic carbocycles. The molecule has 12 aromatic rings. The molecule has 4 nitrogen and oxygen atoms in total. The molecule has 0 saturated heterocycles. The van der Waals surface area contributed by atoms with Crippen molar-refractivity contribution < 1.29 is 80.4 Å². The van der Waals surface area contributed by atoms with Gasteiger partial charge in [0.1, 0.15) is 0 Å². The Morgan fingerprint density at radius 3 is 1.04 bits per heavy atom. The number of aromatic nitrogens is 4. The normalized spacial score (nSPS) is 9.85. The minimum atomic E-state index is 0. The number of pyridine rings is 4. The maximum Gasteiger partial charge on any atom is 0.0190 e. The average molecular weight is 1750 g/mol. The van der Waals surface area contributed by atoms with Gasteiger partial charge in [0.2, 0.25) is 0 Å². The summed E-state index contributed by atoms with van der Waals surface area (Å²) in [6, 6.07) is 95.5. The molecule has 12 rings (SSSR count). The monoisotopic (exact) mass is 1750 g/mol. The molecule has 4 radical (unpaired) electrons. The van der Waals surface area contributed by atoms with Crippen molar-refractivity contribution in [2.45, 2.75) is 27.7 Å². The Hall–Kier alpha value is -7.04. The van der Waals surface area contributed by atoms with Crippen LogP contribution in [0.1, 0.15) is 22.3 Å². The maximum atomic E-state index is 4.45. The molecular formula is C72H56Ir4N4-4. The molecule has 0 aliphatic rings. The van der Waals surface area contributed by atoms with Crippen LogP contribution in [-0.4, -0.2) is 19.9 Å². The van der Waals surface area contributed by atoms with E-state index < -0.39 is 0 Å². The van der Waals surface area contributed by atoms with E-state index in [1.807, 2.05) is 117 Å². The molecule has 0 fully saturated rings. The molecule has 4 heterocycles. The minimum Gasteiger partial charge on any atom is -0.305 e. The Morgan fingerprint density at radius 1 is 0.237 bits per heavy atom. The zero-order valence-corrected chi connectivity index (χ0v) is 54.1. The van der Waals surface area contributed by atoms with E-state index >= 15 is 0 Å². The van der Waals surface area contributed by atoms with Crippen LogP contribution in [0.4, 0.5) is 0 Å². The van der Waals surface area contributed by atoms with Gasteiger partial charge >= 0.3 is 0 Å². The predicted molar refractivity (Wildman–Crippen MR) is 315 cm³/mol. The van der Waals surface area contributed by atoms with Crippen molar-refractivity contribution >= 4 is 0 Å². The third-order valence-corrected chi connectivity index (χ3v) is 12.4. The summed E-state index contributed by atoms with van der Waals surface area (Å²) in [4.78, 5) is 17.6. The number of hydrogen-bond acceptors (Lipinski definition) is 4. The fourth-order valence-corrected chi connectivity index (χ4v) is 8.36. The van der Waals surface area contributed by atoms with Gasteiger partial charge in [-0.2, -0.15) is 0 Å². The summed E-state index contributed by atoms with van der Waals surface area (Å²) in [6.45, 7) is 8.33. The Kier molecular flexibility index (Phi) is 26.2. The van der Waals surface area contributed by atoms with Gasteiger partial charge in [-0.3, -0.25) is 0 Å². The van der Waals surface area contributed by atoms with Gasteiger partial charge in [0.15, 0.2) is 0 Å². The number of hydrogen-bond donors (Lipinski definition) is 0. The van der Waals surface area contributed by atoms with Gasteiger partial charge < -0.3 is 19.9 Å². The summed E-state index contributed by atoms with van der Waals surface area (Å²) < 4.78 is 0. The summed E-state index contributed by atoms with van der Waals surface area (Å²) in [6.07, 6.45) is 7.34. The van der Waals surface area contributed by atoms with Gasteiger partial charge in [0, 0.05) is 105 Å². The van der Waals surface area contributed by atoms with Crippen LogP contribution in [-0.2, 0) is 80.4 Å². The van der Waals surface area contributed by atoms with Gasteiger partial charge in [0.05, 0.1) is 0 Å². The first-order valence-corrected chi connectivity index (χ1v) is 25.3. The van der Waals surface area contributed by atoms with Crippen molar-refractivity contribution in [3.05, 3.63) is 314 Å². The second-order valence-corrected chi connectivity index (χ2v) is 18.3. The van der Waals surface area contributed by atoms with Crippen molar-refractivity contribution in [2.75, 3.05) is 0 Å². The molecule has 80 heavy (non-hydrogen) atoms. The van der Waals surface area contributed by atoms with Crippen LogP contribution >= 0.6 is 0 Å². The van der Waals surface area contributed by atoms with E-state index in [-0.39, 0.29) is 80.4 Å². The second kappa shape index (κ2) is 32.9. The number of nitrogens with zero attached hydrogens (tertiary/aromatic N) is 4. The molecule has 0 N–H and O–H groups in total. The van der Waals surface area contributed by atoms with E-state index in [9.17, 15) is 0 Å². The fourth-order valence-electron chi connectivity index (χ4n) is 8.36. The van der Waals surface area contributed by atoms with Crippen molar-refractivity contribution in [3.63, 3.8) is 0 Å². The van der Waals surface area contributed by atoms with Crippen LogP contribution in [0.15, 0.2) is 267 Å². The van der Waals surface area contributed by atoms with Gasteiger partial charge in [-0.15, -0.1) is 142 Å². The van der Waals surface area contributed by atoms with Crippen LogP contribution in [0.25, 0.3) is 89.5 Å². The largest absolute Gasteiger partial charge is 0.305 e. The zero-order chi connectivity index (χ0) is 52.3. The summed E-state index contributed by atoms with van der Waals surface area (Å²) in [5, 5.41) is 0. The predicted octanol–water partition coefficient (Wildman–Crippen LogP) is 18.1. The fraction of sp³-hybridized carbons (Fsp3) is 0.0556. The van der Waals surface area contributed by atoms with Gasteiger partial charge in [-0.1, -0.05) is 168 Å². The summed E-state index contributed by atoms with van der Waals surface area (Å²) >= 11 is 0. The Balaban J connectivity index is 0.000000193. The zero-order valence-electron chi connectivity index (χ0n) is 44.5. The first-order chi connectivity index (χ1) is 37.3. The third-order valence-electron chi connectivity index (χ3n) is 12.4. The van der Waals surface area contributed by atoms with Crippen molar-refractivity contribution in [1.82, 2.24) is 19.9 Å². The molecule has 4 aromatic heterocycles. The van der Waals surface area contributed by atoms with E-state index in [1.165, 1.54) is 66.8 Å².